The Labute approximate surface area is 89.1 Å². The van der Waals surface area contributed by atoms with Crippen molar-refractivity contribution < 1.29 is 9.84 Å². The predicted molar refractivity (Wildman–Crippen MR) is 58.1 cm³/mol. The number of rotatable bonds is 5. The fraction of sp³-hybridized carbons (Fsp3) is 0.545. The second-order valence-corrected chi connectivity index (χ2v) is 3.80. The van der Waals surface area contributed by atoms with Gasteiger partial charge in [-0.3, -0.25) is 4.79 Å². The van der Waals surface area contributed by atoms with Crippen molar-refractivity contribution in [2.75, 3.05) is 13.2 Å². The van der Waals surface area contributed by atoms with E-state index in [1.807, 2.05) is 13.8 Å². The molecule has 0 aromatic carbocycles. The standard InChI is InChI=1S/C11H17NO3/c1-9(2)8-15-10-4-3-5-12(6-7-13)11(10)14/h3-5,9,13H,6-8H2,1-2H3. The normalized spacial score (nSPS) is 10.7. The Bertz CT molecular complexity index is 357. The van der Waals surface area contributed by atoms with Crippen LogP contribution >= 0.6 is 0 Å². The SMILES string of the molecule is CC(C)COc1cccn(CCO)c1=O. The molecule has 84 valence electrons. The molecule has 1 aromatic rings. The summed E-state index contributed by atoms with van der Waals surface area (Å²) in [7, 11) is 0. The summed E-state index contributed by atoms with van der Waals surface area (Å²) in [5.41, 5.74) is -0.188. The highest BCUT2D eigenvalue weighted by atomic mass is 16.5. The molecular weight excluding hydrogens is 194 g/mol. The average molecular weight is 211 g/mol. The van der Waals surface area contributed by atoms with Crippen molar-refractivity contribution >= 4 is 0 Å². The summed E-state index contributed by atoms with van der Waals surface area (Å²) < 4.78 is 6.81. The van der Waals surface area contributed by atoms with Crippen LogP contribution in [-0.4, -0.2) is 22.9 Å². The summed E-state index contributed by atoms with van der Waals surface area (Å²) in [5.74, 6) is 0.732. The molecule has 0 bridgehead atoms. The molecule has 0 aliphatic carbocycles. The lowest BCUT2D eigenvalue weighted by Crippen LogP contribution is -2.23. The lowest BCUT2D eigenvalue weighted by atomic mass is 10.2. The maximum atomic E-state index is 11.7. The second-order valence-electron chi connectivity index (χ2n) is 3.80. The molecule has 0 saturated heterocycles. The number of pyridine rings is 1. The molecular formula is C11H17NO3. The van der Waals surface area contributed by atoms with Crippen LogP contribution in [0.5, 0.6) is 5.75 Å². The van der Waals surface area contributed by atoms with Gasteiger partial charge in [0.15, 0.2) is 5.75 Å². The van der Waals surface area contributed by atoms with Gasteiger partial charge in [-0.15, -0.1) is 0 Å². The lowest BCUT2D eigenvalue weighted by molar-refractivity contribution is 0.257. The van der Waals surface area contributed by atoms with Crippen LogP contribution in [0, 0.1) is 5.92 Å². The average Bonchev–Trinajstić information content (AvgIpc) is 2.19. The van der Waals surface area contributed by atoms with E-state index < -0.39 is 0 Å². The van der Waals surface area contributed by atoms with E-state index in [0.717, 1.165) is 0 Å². The number of aliphatic hydroxyl groups excluding tert-OH is 1. The van der Waals surface area contributed by atoms with Crippen LogP contribution in [0.1, 0.15) is 13.8 Å². The third kappa shape index (κ3) is 3.40. The van der Waals surface area contributed by atoms with E-state index in [0.29, 0.717) is 24.8 Å². The van der Waals surface area contributed by atoms with Crippen molar-refractivity contribution in [3.8, 4) is 5.75 Å². The summed E-state index contributed by atoms with van der Waals surface area (Å²) in [4.78, 5) is 11.7. The quantitative estimate of drug-likeness (QED) is 0.786. The number of aliphatic hydroxyl groups is 1. The van der Waals surface area contributed by atoms with Crippen LogP contribution < -0.4 is 10.3 Å². The van der Waals surface area contributed by atoms with E-state index in [1.54, 1.807) is 18.3 Å². The van der Waals surface area contributed by atoms with E-state index in [1.165, 1.54) is 4.57 Å². The number of hydrogen-bond acceptors (Lipinski definition) is 3. The molecule has 15 heavy (non-hydrogen) atoms. The molecule has 0 fully saturated rings. The van der Waals surface area contributed by atoms with E-state index in [9.17, 15) is 4.79 Å². The van der Waals surface area contributed by atoms with E-state index in [-0.39, 0.29) is 12.2 Å². The van der Waals surface area contributed by atoms with Gasteiger partial charge in [0.05, 0.1) is 13.2 Å². The summed E-state index contributed by atoms with van der Waals surface area (Å²) in [6.45, 7) is 4.83. The van der Waals surface area contributed by atoms with Crippen molar-refractivity contribution in [3.05, 3.63) is 28.7 Å². The van der Waals surface area contributed by atoms with Crippen LogP contribution in [0.3, 0.4) is 0 Å². The monoisotopic (exact) mass is 211 g/mol. The van der Waals surface area contributed by atoms with Crippen LogP contribution in [0.15, 0.2) is 23.1 Å². The molecule has 0 aliphatic rings. The summed E-state index contributed by atoms with van der Waals surface area (Å²) in [6, 6.07) is 3.39. The predicted octanol–water partition coefficient (Wildman–Crippen LogP) is 0.875. The Balaban J connectivity index is 2.80. The molecule has 1 rings (SSSR count). The first kappa shape index (κ1) is 11.8. The third-order valence-corrected chi connectivity index (χ3v) is 1.90. The molecule has 1 aromatic heterocycles. The molecule has 0 aliphatic heterocycles. The highest BCUT2D eigenvalue weighted by molar-refractivity contribution is 5.17. The van der Waals surface area contributed by atoms with Gasteiger partial charge in [-0.05, 0) is 18.1 Å². The van der Waals surface area contributed by atoms with Gasteiger partial charge in [0.1, 0.15) is 0 Å². The minimum absolute atomic E-state index is 0.0481. The zero-order valence-corrected chi connectivity index (χ0v) is 9.14. The highest BCUT2D eigenvalue weighted by Crippen LogP contribution is 2.04. The fourth-order valence-corrected chi connectivity index (χ4v) is 1.16. The Kier molecular flexibility index (Phi) is 4.37. The van der Waals surface area contributed by atoms with Crippen LogP contribution in [-0.2, 0) is 6.54 Å². The van der Waals surface area contributed by atoms with Gasteiger partial charge in [0.2, 0.25) is 0 Å². The number of ether oxygens (including phenoxy) is 1. The summed E-state index contributed by atoms with van der Waals surface area (Å²) in [6.07, 6.45) is 1.64. The Morgan fingerprint density at radius 2 is 2.27 bits per heavy atom. The van der Waals surface area contributed by atoms with Gasteiger partial charge in [0, 0.05) is 12.7 Å². The van der Waals surface area contributed by atoms with Gasteiger partial charge >= 0.3 is 0 Å². The van der Waals surface area contributed by atoms with Gasteiger partial charge in [-0.25, -0.2) is 0 Å². The number of nitrogens with zero attached hydrogens (tertiary/aromatic N) is 1. The van der Waals surface area contributed by atoms with Crippen molar-refractivity contribution in [1.82, 2.24) is 4.57 Å². The largest absolute Gasteiger partial charge is 0.488 e. The van der Waals surface area contributed by atoms with E-state index in [2.05, 4.69) is 0 Å². The molecule has 0 spiro atoms. The molecule has 4 heteroatoms. The van der Waals surface area contributed by atoms with Crippen molar-refractivity contribution in [1.29, 1.82) is 0 Å². The number of aromatic nitrogens is 1. The minimum atomic E-state index is -0.188. The van der Waals surface area contributed by atoms with Gasteiger partial charge in [-0.1, -0.05) is 13.8 Å². The fourth-order valence-electron chi connectivity index (χ4n) is 1.16. The third-order valence-electron chi connectivity index (χ3n) is 1.90. The zero-order valence-electron chi connectivity index (χ0n) is 9.14. The Morgan fingerprint density at radius 3 is 2.87 bits per heavy atom. The minimum Gasteiger partial charge on any atom is -0.488 e. The molecule has 1 N–H and O–H groups in total. The van der Waals surface area contributed by atoms with Crippen LogP contribution in [0.25, 0.3) is 0 Å². The van der Waals surface area contributed by atoms with Crippen molar-refractivity contribution in [3.63, 3.8) is 0 Å². The Hall–Kier alpha value is -1.29. The maximum Gasteiger partial charge on any atom is 0.292 e. The molecule has 0 saturated carbocycles. The number of hydrogen-bond donors (Lipinski definition) is 1. The smallest absolute Gasteiger partial charge is 0.292 e. The Morgan fingerprint density at radius 1 is 1.53 bits per heavy atom. The van der Waals surface area contributed by atoms with Gasteiger partial charge in [-0.2, -0.15) is 0 Å². The first-order valence-corrected chi connectivity index (χ1v) is 5.08. The molecule has 0 amide bonds. The molecule has 0 unspecified atom stereocenters. The molecule has 0 radical (unpaired) electrons. The van der Waals surface area contributed by atoms with Gasteiger partial charge in [0.25, 0.3) is 5.56 Å². The first-order valence-electron chi connectivity index (χ1n) is 5.08. The summed E-state index contributed by atoms with van der Waals surface area (Å²) in [5, 5.41) is 8.75. The van der Waals surface area contributed by atoms with E-state index >= 15 is 0 Å². The molecule has 4 nitrogen and oxygen atoms in total. The topological polar surface area (TPSA) is 51.5 Å². The first-order chi connectivity index (χ1) is 7.15. The summed E-state index contributed by atoms with van der Waals surface area (Å²) >= 11 is 0. The highest BCUT2D eigenvalue weighted by Gasteiger charge is 2.04. The second kappa shape index (κ2) is 5.56. The van der Waals surface area contributed by atoms with Crippen LogP contribution in [0.4, 0.5) is 0 Å². The maximum absolute atomic E-state index is 11.7. The van der Waals surface area contributed by atoms with Crippen molar-refractivity contribution in [2.45, 2.75) is 20.4 Å². The van der Waals surface area contributed by atoms with Crippen LogP contribution in [0.2, 0.25) is 0 Å². The van der Waals surface area contributed by atoms with Crippen molar-refractivity contribution in [2.24, 2.45) is 5.92 Å². The van der Waals surface area contributed by atoms with E-state index in [4.69, 9.17) is 9.84 Å². The lowest BCUT2D eigenvalue weighted by Gasteiger charge is -2.09. The zero-order chi connectivity index (χ0) is 11.3. The molecule has 0 atom stereocenters. The molecule has 1 heterocycles. The van der Waals surface area contributed by atoms with Gasteiger partial charge < -0.3 is 14.4 Å².